The largest absolute Gasteiger partial charge is 0.0862 e. The van der Waals surface area contributed by atoms with E-state index >= 15 is 0 Å². The van der Waals surface area contributed by atoms with Gasteiger partial charge in [0.25, 0.3) is 0 Å². The average molecular weight is 175 g/mol. The van der Waals surface area contributed by atoms with Gasteiger partial charge in [-0.05, 0) is 30.5 Å². The molecule has 0 N–H and O–H groups in total. The second kappa shape index (κ2) is 3.97. The van der Waals surface area contributed by atoms with E-state index in [-0.39, 0.29) is 6.04 Å². The van der Waals surface area contributed by atoms with Crippen LogP contribution in [-0.2, 0) is 0 Å². The maximum Gasteiger partial charge on any atom is 0.0599 e. The van der Waals surface area contributed by atoms with Crippen LogP contribution >= 0.6 is 0 Å². The summed E-state index contributed by atoms with van der Waals surface area (Å²) in [6.45, 7) is 5.96. The number of hydrogen-bond donors (Lipinski definition) is 0. The molecule has 1 rings (SSSR count). The van der Waals surface area contributed by atoms with Crippen LogP contribution in [0.25, 0.3) is 10.4 Å². The molecule has 1 unspecified atom stereocenters. The van der Waals surface area contributed by atoms with Gasteiger partial charge >= 0.3 is 0 Å². The Balaban J connectivity index is 3.12. The molecule has 0 saturated carbocycles. The van der Waals surface area contributed by atoms with Crippen molar-refractivity contribution in [3.63, 3.8) is 0 Å². The first-order chi connectivity index (χ1) is 6.15. The van der Waals surface area contributed by atoms with Crippen molar-refractivity contribution in [3.8, 4) is 0 Å². The summed E-state index contributed by atoms with van der Waals surface area (Å²) in [4.78, 5) is 2.81. The zero-order valence-corrected chi connectivity index (χ0v) is 8.15. The van der Waals surface area contributed by atoms with E-state index in [0.717, 1.165) is 5.56 Å². The highest BCUT2D eigenvalue weighted by molar-refractivity contribution is 5.32. The molecule has 0 saturated heterocycles. The van der Waals surface area contributed by atoms with Crippen LogP contribution in [0, 0.1) is 13.8 Å². The first-order valence-electron chi connectivity index (χ1n) is 4.26. The number of azide groups is 1. The summed E-state index contributed by atoms with van der Waals surface area (Å²) in [5.74, 6) is 0. The fourth-order valence-corrected chi connectivity index (χ4v) is 1.35. The lowest BCUT2D eigenvalue weighted by Gasteiger charge is -2.09. The van der Waals surface area contributed by atoms with Gasteiger partial charge in [-0.3, -0.25) is 0 Å². The third-order valence-electron chi connectivity index (χ3n) is 2.11. The van der Waals surface area contributed by atoms with Gasteiger partial charge in [0.15, 0.2) is 0 Å². The lowest BCUT2D eigenvalue weighted by molar-refractivity contribution is 0.798. The average Bonchev–Trinajstić information content (AvgIpc) is 2.09. The molecule has 0 aliphatic carbocycles. The minimum Gasteiger partial charge on any atom is -0.0862 e. The number of benzene rings is 1. The molecule has 3 nitrogen and oxygen atoms in total. The van der Waals surface area contributed by atoms with Crippen molar-refractivity contribution in [2.75, 3.05) is 0 Å². The quantitative estimate of drug-likeness (QED) is 0.374. The summed E-state index contributed by atoms with van der Waals surface area (Å²) >= 11 is 0. The second-order valence-corrected chi connectivity index (χ2v) is 3.24. The van der Waals surface area contributed by atoms with E-state index in [2.05, 4.69) is 22.2 Å². The van der Waals surface area contributed by atoms with Gasteiger partial charge in [0.1, 0.15) is 0 Å². The number of hydrogen-bond acceptors (Lipinski definition) is 1. The summed E-state index contributed by atoms with van der Waals surface area (Å²) in [6, 6.07) is 6.09. The fourth-order valence-electron chi connectivity index (χ4n) is 1.35. The Bertz CT molecular complexity index is 351. The van der Waals surface area contributed by atoms with E-state index in [1.807, 2.05) is 26.8 Å². The van der Waals surface area contributed by atoms with Crippen LogP contribution in [0.2, 0.25) is 0 Å². The van der Waals surface area contributed by atoms with Gasteiger partial charge in [0, 0.05) is 4.91 Å². The van der Waals surface area contributed by atoms with Crippen LogP contribution in [0.1, 0.15) is 29.7 Å². The number of rotatable bonds is 2. The van der Waals surface area contributed by atoms with Crippen molar-refractivity contribution in [2.45, 2.75) is 26.8 Å². The molecule has 3 heteroatoms. The molecule has 1 aromatic carbocycles. The molecule has 0 aliphatic heterocycles. The van der Waals surface area contributed by atoms with E-state index < -0.39 is 0 Å². The minimum atomic E-state index is -0.0788. The van der Waals surface area contributed by atoms with Crippen LogP contribution in [0.5, 0.6) is 0 Å². The highest BCUT2D eigenvalue weighted by Gasteiger charge is 2.05. The first kappa shape index (κ1) is 9.62. The van der Waals surface area contributed by atoms with Crippen molar-refractivity contribution in [2.24, 2.45) is 5.11 Å². The van der Waals surface area contributed by atoms with E-state index in [0.29, 0.717) is 0 Å². The molecule has 0 spiro atoms. The molecular formula is C10H13N3. The predicted octanol–water partition coefficient (Wildman–Crippen LogP) is 3.67. The molecule has 1 atom stereocenters. The Morgan fingerprint density at radius 3 is 2.69 bits per heavy atom. The predicted molar refractivity (Wildman–Crippen MR) is 53.5 cm³/mol. The molecule has 0 amide bonds. The van der Waals surface area contributed by atoms with Gasteiger partial charge in [0.2, 0.25) is 0 Å². The third-order valence-corrected chi connectivity index (χ3v) is 2.11. The molecule has 0 radical (unpaired) electrons. The van der Waals surface area contributed by atoms with Crippen LogP contribution in [-0.4, -0.2) is 0 Å². The summed E-state index contributed by atoms with van der Waals surface area (Å²) in [7, 11) is 0. The van der Waals surface area contributed by atoms with Crippen molar-refractivity contribution in [1.29, 1.82) is 0 Å². The van der Waals surface area contributed by atoms with Gasteiger partial charge < -0.3 is 0 Å². The second-order valence-electron chi connectivity index (χ2n) is 3.24. The number of nitrogens with zero attached hydrogens (tertiary/aromatic N) is 3. The van der Waals surface area contributed by atoms with Crippen LogP contribution in [0.15, 0.2) is 23.3 Å². The van der Waals surface area contributed by atoms with Crippen LogP contribution in [0.4, 0.5) is 0 Å². The molecule has 0 bridgehead atoms. The highest BCUT2D eigenvalue weighted by Crippen LogP contribution is 2.21. The van der Waals surface area contributed by atoms with Gasteiger partial charge in [-0.15, -0.1) is 0 Å². The monoisotopic (exact) mass is 175 g/mol. The topological polar surface area (TPSA) is 48.8 Å². The van der Waals surface area contributed by atoms with Crippen LogP contribution in [0.3, 0.4) is 0 Å². The fraction of sp³-hybridized carbons (Fsp3) is 0.400. The minimum absolute atomic E-state index is 0.0788. The Labute approximate surface area is 78.0 Å². The third kappa shape index (κ3) is 2.23. The Morgan fingerprint density at radius 1 is 1.38 bits per heavy atom. The molecule has 0 aliphatic rings. The van der Waals surface area contributed by atoms with E-state index in [1.165, 1.54) is 11.1 Å². The molecule has 68 valence electrons. The molecule has 0 fully saturated rings. The van der Waals surface area contributed by atoms with E-state index in [9.17, 15) is 0 Å². The summed E-state index contributed by atoms with van der Waals surface area (Å²) in [5.41, 5.74) is 11.8. The zero-order valence-electron chi connectivity index (χ0n) is 8.15. The maximum atomic E-state index is 8.32. The molecule has 0 heterocycles. The number of aryl methyl sites for hydroxylation is 2. The van der Waals surface area contributed by atoms with Crippen molar-refractivity contribution in [3.05, 3.63) is 45.3 Å². The van der Waals surface area contributed by atoms with Gasteiger partial charge in [-0.2, -0.15) is 0 Å². The summed E-state index contributed by atoms with van der Waals surface area (Å²) < 4.78 is 0. The van der Waals surface area contributed by atoms with Gasteiger partial charge in [-0.1, -0.05) is 35.8 Å². The van der Waals surface area contributed by atoms with Gasteiger partial charge in [0.05, 0.1) is 6.04 Å². The lowest BCUT2D eigenvalue weighted by atomic mass is 10.0. The Morgan fingerprint density at radius 2 is 2.08 bits per heavy atom. The zero-order chi connectivity index (χ0) is 9.84. The summed E-state index contributed by atoms with van der Waals surface area (Å²) in [6.07, 6.45) is 0. The lowest BCUT2D eigenvalue weighted by Crippen LogP contribution is -1.93. The maximum absolute atomic E-state index is 8.32. The SMILES string of the molecule is Cc1ccc(C)c(C(C)N=[N+]=[N-])c1. The Kier molecular flexibility index (Phi) is 2.93. The molecular weight excluding hydrogens is 162 g/mol. The van der Waals surface area contributed by atoms with Gasteiger partial charge in [-0.25, -0.2) is 0 Å². The van der Waals surface area contributed by atoms with E-state index in [1.54, 1.807) is 0 Å². The highest BCUT2D eigenvalue weighted by atomic mass is 15.1. The molecule has 1 aromatic rings. The molecule has 0 aromatic heterocycles. The normalized spacial score (nSPS) is 11.9. The van der Waals surface area contributed by atoms with Crippen molar-refractivity contribution >= 4 is 0 Å². The first-order valence-corrected chi connectivity index (χ1v) is 4.26. The van der Waals surface area contributed by atoms with E-state index in [4.69, 9.17) is 5.53 Å². The van der Waals surface area contributed by atoms with Crippen molar-refractivity contribution in [1.82, 2.24) is 0 Å². The van der Waals surface area contributed by atoms with Crippen LogP contribution < -0.4 is 0 Å². The smallest absolute Gasteiger partial charge is 0.0599 e. The van der Waals surface area contributed by atoms with Crippen molar-refractivity contribution < 1.29 is 0 Å². The molecule has 13 heavy (non-hydrogen) atoms. The Hall–Kier alpha value is -1.47. The standard InChI is InChI=1S/C10H13N3/c1-7-4-5-8(2)10(6-7)9(3)12-13-11/h4-6,9H,1-3H3. The summed E-state index contributed by atoms with van der Waals surface area (Å²) in [5, 5.41) is 3.68.